The number of hydrogen-bond donors (Lipinski definition) is 0. The average molecular weight is 380 g/mol. The maximum atomic E-state index is 12.5. The molecule has 148 valence electrons. The lowest BCUT2D eigenvalue weighted by atomic mass is 9.87. The Morgan fingerprint density at radius 1 is 1.11 bits per heavy atom. The van der Waals surface area contributed by atoms with Gasteiger partial charge in [-0.3, -0.25) is 4.79 Å². The van der Waals surface area contributed by atoms with Crippen molar-refractivity contribution >= 4 is 17.0 Å². The Hall–Kier alpha value is -2.66. The van der Waals surface area contributed by atoms with Gasteiger partial charge in [0.15, 0.2) is 0 Å². The molecule has 0 amide bonds. The summed E-state index contributed by atoms with van der Waals surface area (Å²) in [5.74, 6) is 0.457. The number of fused-ring (bicyclic) bond motifs is 1. The molecular weight excluding hydrogens is 352 g/mol. The SMILES string of the molecule is COCC(C)OC(=O)Cn1c(-c2ccc(C(C)(C)C)cc2)nc2ccccc21. The molecule has 0 aliphatic rings. The molecule has 0 radical (unpaired) electrons. The molecule has 1 aromatic heterocycles. The molecule has 1 atom stereocenters. The lowest BCUT2D eigenvalue weighted by Gasteiger charge is -2.19. The fourth-order valence-electron chi connectivity index (χ4n) is 3.23. The highest BCUT2D eigenvalue weighted by molar-refractivity contribution is 5.83. The van der Waals surface area contributed by atoms with E-state index in [1.54, 1.807) is 7.11 Å². The van der Waals surface area contributed by atoms with Crippen molar-refractivity contribution in [1.82, 2.24) is 9.55 Å². The number of rotatable bonds is 6. The van der Waals surface area contributed by atoms with Gasteiger partial charge < -0.3 is 14.0 Å². The van der Waals surface area contributed by atoms with Gasteiger partial charge in [-0.1, -0.05) is 57.2 Å². The second-order valence-corrected chi connectivity index (χ2v) is 8.09. The molecule has 2 aromatic carbocycles. The molecule has 0 N–H and O–H groups in total. The molecular formula is C23H28N2O3. The Bertz CT molecular complexity index is 952. The van der Waals surface area contributed by atoms with Gasteiger partial charge in [-0.05, 0) is 30.0 Å². The highest BCUT2D eigenvalue weighted by Gasteiger charge is 2.18. The zero-order valence-corrected chi connectivity index (χ0v) is 17.2. The van der Waals surface area contributed by atoms with Gasteiger partial charge in [-0.2, -0.15) is 0 Å². The van der Waals surface area contributed by atoms with E-state index in [9.17, 15) is 4.79 Å². The van der Waals surface area contributed by atoms with Crippen LogP contribution < -0.4 is 0 Å². The summed E-state index contributed by atoms with van der Waals surface area (Å²) in [5.41, 5.74) is 4.08. The van der Waals surface area contributed by atoms with E-state index < -0.39 is 0 Å². The number of para-hydroxylation sites is 2. The Balaban J connectivity index is 1.96. The van der Waals surface area contributed by atoms with Crippen LogP contribution in [-0.4, -0.2) is 35.3 Å². The molecule has 0 saturated carbocycles. The monoisotopic (exact) mass is 380 g/mol. The number of esters is 1. The molecule has 5 nitrogen and oxygen atoms in total. The molecule has 0 aliphatic heterocycles. The first kappa shape index (κ1) is 20.1. The zero-order chi connectivity index (χ0) is 20.3. The first-order valence-electron chi connectivity index (χ1n) is 9.54. The summed E-state index contributed by atoms with van der Waals surface area (Å²) >= 11 is 0. The molecule has 0 fully saturated rings. The normalized spacial score (nSPS) is 12.9. The third-order valence-electron chi connectivity index (χ3n) is 4.68. The molecule has 28 heavy (non-hydrogen) atoms. The maximum absolute atomic E-state index is 12.5. The summed E-state index contributed by atoms with van der Waals surface area (Å²) in [7, 11) is 1.59. The van der Waals surface area contributed by atoms with Crippen LogP contribution in [0.5, 0.6) is 0 Å². The van der Waals surface area contributed by atoms with Crippen LogP contribution in [0.2, 0.25) is 0 Å². The van der Waals surface area contributed by atoms with Gasteiger partial charge in [0.2, 0.25) is 0 Å². The number of imidazole rings is 1. The van der Waals surface area contributed by atoms with Gasteiger partial charge in [0.05, 0.1) is 17.6 Å². The van der Waals surface area contributed by atoms with Crippen molar-refractivity contribution in [2.24, 2.45) is 0 Å². The second kappa shape index (κ2) is 8.15. The van der Waals surface area contributed by atoms with E-state index in [1.807, 2.05) is 35.8 Å². The standard InChI is InChI=1S/C23H28N2O3/c1-16(15-27-5)28-21(26)14-25-20-9-7-6-8-19(20)24-22(25)17-10-12-18(13-11-17)23(2,3)4/h6-13,16H,14-15H2,1-5H3. The fraction of sp³-hybridized carbons (Fsp3) is 0.391. The molecule has 3 aromatic rings. The number of carbonyl (C=O) groups excluding carboxylic acids is 1. The van der Waals surface area contributed by atoms with Crippen LogP contribution >= 0.6 is 0 Å². The predicted molar refractivity (Wildman–Crippen MR) is 111 cm³/mol. The third-order valence-corrected chi connectivity index (χ3v) is 4.68. The van der Waals surface area contributed by atoms with E-state index in [1.165, 1.54) is 5.56 Å². The highest BCUT2D eigenvalue weighted by Crippen LogP contribution is 2.28. The van der Waals surface area contributed by atoms with Gasteiger partial charge in [-0.15, -0.1) is 0 Å². The van der Waals surface area contributed by atoms with E-state index in [0.717, 1.165) is 22.4 Å². The lowest BCUT2D eigenvalue weighted by Crippen LogP contribution is -2.23. The van der Waals surface area contributed by atoms with Gasteiger partial charge in [0.1, 0.15) is 18.5 Å². The van der Waals surface area contributed by atoms with Crippen LogP contribution in [0.25, 0.3) is 22.4 Å². The number of methoxy groups -OCH3 is 1. The van der Waals surface area contributed by atoms with E-state index >= 15 is 0 Å². The van der Waals surface area contributed by atoms with Crippen LogP contribution in [0.1, 0.15) is 33.3 Å². The van der Waals surface area contributed by atoms with E-state index in [4.69, 9.17) is 14.5 Å². The van der Waals surface area contributed by atoms with Crippen molar-refractivity contribution in [1.29, 1.82) is 0 Å². The maximum Gasteiger partial charge on any atom is 0.326 e. The Morgan fingerprint density at radius 2 is 1.79 bits per heavy atom. The third kappa shape index (κ3) is 4.42. The summed E-state index contributed by atoms with van der Waals surface area (Å²) < 4.78 is 12.4. The highest BCUT2D eigenvalue weighted by atomic mass is 16.6. The first-order valence-corrected chi connectivity index (χ1v) is 9.54. The molecule has 0 bridgehead atoms. The largest absolute Gasteiger partial charge is 0.459 e. The van der Waals surface area contributed by atoms with Crippen molar-refractivity contribution in [2.45, 2.75) is 45.8 Å². The molecule has 0 spiro atoms. The number of hydrogen-bond acceptors (Lipinski definition) is 4. The van der Waals surface area contributed by atoms with E-state index in [2.05, 4.69) is 45.0 Å². The summed E-state index contributed by atoms with van der Waals surface area (Å²) in [6.45, 7) is 8.86. The number of nitrogens with zero attached hydrogens (tertiary/aromatic N) is 2. The summed E-state index contributed by atoms with van der Waals surface area (Å²) in [5, 5.41) is 0. The molecule has 3 rings (SSSR count). The van der Waals surface area contributed by atoms with Crippen molar-refractivity contribution in [2.75, 3.05) is 13.7 Å². The fourth-order valence-corrected chi connectivity index (χ4v) is 3.23. The van der Waals surface area contributed by atoms with Gasteiger partial charge in [0, 0.05) is 12.7 Å². The van der Waals surface area contributed by atoms with E-state index in [0.29, 0.717) is 6.61 Å². The quantitative estimate of drug-likeness (QED) is 0.588. The Labute approximate surface area is 166 Å². The minimum absolute atomic E-state index is 0.0833. The van der Waals surface area contributed by atoms with Crippen LogP contribution in [0.3, 0.4) is 0 Å². The topological polar surface area (TPSA) is 53.4 Å². The minimum atomic E-state index is -0.305. The van der Waals surface area contributed by atoms with Crippen LogP contribution in [-0.2, 0) is 26.2 Å². The predicted octanol–water partition coefficient (Wildman–Crippen LogP) is 4.58. The Kier molecular flexibility index (Phi) is 5.84. The number of carbonyl (C=O) groups is 1. The average Bonchev–Trinajstić information content (AvgIpc) is 3.00. The summed E-state index contributed by atoms with van der Waals surface area (Å²) in [6, 6.07) is 16.2. The summed E-state index contributed by atoms with van der Waals surface area (Å²) in [4.78, 5) is 17.3. The first-order chi connectivity index (χ1) is 13.3. The van der Waals surface area contributed by atoms with Crippen molar-refractivity contribution in [3.8, 4) is 11.4 Å². The molecule has 5 heteroatoms. The van der Waals surface area contributed by atoms with Crippen LogP contribution in [0.15, 0.2) is 48.5 Å². The number of ether oxygens (including phenoxy) is 2. The molecule has 1 unspecified atom stereocenters. The second-order valence-electron chi connectivity index (χ2n) is 8.09. The van der Waals surface area contributed by atoms with Gasteiger partial charge in [-0.25, -0.2) is 4.98 Å². The number of benzene rings is 2. The van der Waals surface area contributed by atoms with Crippen molar-refractivity contribution in [3.63, 3.8) is 0 Å². The van der Waals surface area contributed by atoms with E-state index in [-0.39, 0.29) is 24.0 Å². The molecule has 1 heterocycles. The number of aromatic nitrogens is 2. The van der Waals surface area contributed by atoms with Crippen LogP contribution in [0, 0.1) is 0 Å². The molecule has 0 aliphatic carbocycles. The Morgan fingerprint density at radius 3 is 2.43 bits per heavy atom. The molecule has 0 saturated heterocycles. The van der Waals surface area contributed by atoms with Gasteiger partial charge >= 0.3 is 5.97 Å². The van der Waals surface area contributed by atoms with Crippen molar-refractivity contribution < 1.29 is 14.3 Å². The van der Waals surface area contributed by atoms with Crippen molar-refractivity contribution in [3.05, 3.63) is 54.1 Å². The smallest absolute Gasteiger partial charge is 0.326 e. The van der Waals surface area contributed by atoms with Gasteiger partial charge in [0.25, 0.3) is 0 Å². The van der Waals surface area contributed by atoms with Crippen LogP contribution in [0.4, 0.5) is 0 Å². The minimum Gasteiger partial charge on any atom is -0.459 e. The summed E-state index contributed by atoms with van der Waals surface area (Å²) in [6.07, 6.45) is -0.290. The zero-order valence-electron chi connectivity index (χ0n) is 17.2. The lowest BCUT2D eigenvalue weighted by molar-refractivity contribution is -0.151.